The van der Waals surface area contributed by atoms with Crippen LogP contribution >= 0.6 is 11.8 Å². The molecule has 1 saturated heterocycles. The lowest BCUT2D eigenvalue weighted by molar-refractivity contribution is -0.134. The van der Waals surface area contributed by atoms with Gasteiger partial charge in [0.15, 0.2) is 0 Å². The monoisotopic (exact) mass is 405 g/mol. The van der Waals surface area contributed by atoms with Gasteiger partial charge in [-0.05, 0) is 80.6 Å². The van der Waals surface area contributed by atoms with Crippen molar-refractivity contribution in [1.82, 2.24) is 4.90 Å². The highest BCUT2D eigenvalue weighted by molar-refractivity contribution is 7.98. The molecule has 2 atom stereocenters. The second kappa shape index (κ2) is 9.06. The Balaban J connectivity index is 1.13. The summed E-state index contributed by atoms with van der Waals surface area (Å²) < 4.78 is 19.6. The van der Waals surface area contributed by atoms with Crippen LogP contribution in [0.2, 0.25) is 0 Å². The van der Waals surface area contributed by atoms with Gasteiger partial charge in [-0.25, -0.2) is 4.39 Å². The molecule has 0 radical (unpaired) electrons. The van der Waals surface area contributed by atoms with Gasteiger partial charge in [0.05, 0.1) is 6.61 Å². The Hall–Kier alpha value is -1.23. The van der Waals surface area contributed by atoms with Crippen molar-refractivity contribution in [3.05, 3.63) is 24.0 Å². The first kappa shape index (κ1) is 20.1. The summed E-state index contributed by atoms with van der Waals surface area (Å²) in [5, 5.41) is 0. The number of amides is 1. The van der Waals surface area contributed by atoms with E-state index in [2.05, 4.69) is 4.90 Å². The standard InChI is InChI=1S/C23H32FNO2S/c1-28-22-6-5-19(15-21(22)24)27-12-9-18-14-20(18)17-7-10-25(11-8-17)23(26)13-16-3-2-4-16/h5-6,15-18,20H,2-4,7-14H2,1H3. The third-order valence-corrected chi connectivity index (χ3v) is 7.81. The van der Waals surface area contributed by atoms with Gasteiger partial charge in [0.1, 0.15) is 11.6 Å². The average Bonchev–Trinajstić information content (AvgIpc) is 3.44. The Morgan fingerprint density at radius 3 is 2.68 bits per heavy atom. The van der Waals surface area contributed by atoms with Crippen LogP contribution in [-0.2, 0) is 4.79 Å². The van der Waals surface area contributed by atoms with Crippen molar-refractivity contribution in [2.75, 3.05) is 26.0 Å². The van der Waals surface area contributed by atoms with Crippen LogP contribution in [0.3, 0.4) is 0 Å². The number of benzene rings is 1. The number of likely N-dealkylation sites (tertiary alicyclic amines) is 1. The van der Waals surface area contributed by atoms with Gasteiger partial charge in [0.2, 0.25) is 5.91 Å². The van der Waals surface area contributed by atoms with E-state index in [0.717, 1.165) is 43.7 Å². The van der Waals surface area contributed by atoms with Crippen molar-refractivity contribution >= 4 is 17.7 Å². The molecular formula is C23H32FNO2S. The van der Waals surface area contributed by atoms with Crippen molar-refractivity contribution < 1.29 is 13.9 Å². The molecular weight excluding hydrogens is 373 g/mol. The van der Waals surface area contributed by atoms with Crippen molar-refractivity contribution in [2.45, 2.75) is 56.3 Å². The van der Waals surface area contributed by atoms with Crippen molar-refractivity contribution in [2.24, 2.45) is 23.7 Å². The van der Waals surface area contributed by atoms with Gasteiger partial charge in [-0.1, -0.05) is 6.42 Å². The molecule has 5 heteroatoms. The van der Waals surface area contributed by atoms with Crippen LogP contribution in [0.5, 0.6) is 5.75 Å². The normalized spacial score (nSPS) is 25.4. The Bertz CT molecular complexity index is 685. The summed E-state index contributed by atoms with van der Waals surface area (Å²) in [6, 6.07) is 5.14. The molecule has 1 aromatic rings. The molecule has 154 valence electrons. The topological polar surface area (TPSA) is 29.5 Å². The predicted octanol–water partition coefficient (Wildman–Crippen LogP) is 5.38. The zero-order valence-corrected chi connectivity index (χ0v) is 17.7. The highest BCUT2D eigenvalue weighted by atomic mass is 32.2. The van der Waals surface area contributed by atoms with Crippen LogP contribution in [-0.4, -0.2) is 36.8 Å². The van der Waals surface area contributed by atoms with Gasteiger partial charge in [0, 0.05) is 30.5 Å². The van der Waals surface area contributed by atoms with E-state index in [4.69, 9.17) is 4.74 Å². The van der Waals surface area contributed by atoms with Crippen LogP contribution < -0.4 is 4.74 Å². The molecule has 1 aliphatic heterocycles. The van der Waals surface area contributed by atoms with Crippen LogP contribution in [0.25, 0.3) is 0 Å². The van der Waals surface area contributed by atoms with E-state index in [1.165, 1.54) is 56.4 Å². The molecule has 0 bridgehead atoms. The molecule has 0 aromatic heterocycles. The maximum atomic E-state index is 13.8. The maximum Gasteiger partial charge on any atom is 0.222 e. The number of hydrogen-bond acceptors (Lipinski definition) is 3. The number of carbonyl (C=O) groups excluding carboxylic acids is 1. The molecule has 1 aromatic carbocycles. The SMILES string of the molecule is CSc1ccc(OCCC2CC2C2CCN(C(=O)CC3CCC3)CC2)cc1F. The fraction of sp³-hybridized carbons (Fsp3) is 0.696. The second-order valence-electron chi connectivity index (χ2n) is 8.81. The largest absolute Gasteiger partial charge is 0.493 e. The fourth-order valence-corrected chi connectivity index (χ4v) is 5.35. The Kier molecular flexibility index (Phi) is 6.49. The molecule has 0 spiro atoms. The van der Waals surface area contributed by atoms with E-state index in [9.17, 15) is 9.18 Å². The van der Waals surface area contributed by atoms with Crippen molar-refractivity contribution in [3.63, 3.8) is 0 Å². The minimum absolute atomic E-state index is 0.201. The minimum Gasteiger partial charge on any atom is -0.493 e. The number of rotatable bonds is 8. The molecule has 1 heterocycles. The summed E-state index contributed by atoms with van der Waals surface area (Å²) in [5.74, 6) is 3.82. The first-order valence-electron chi connectivity index (χ1n) is 10.9. The quantitative estimate of drug-likeness (QED) is 0.544. The van der Waals surface area contributed by atoms with Gasteiger partial charge < -0.3 is 9.64 Å². The summed E-state index contributed by atoms with van der Waals surface area (Å²) >= 11 is 1.41. The van der Waals surface area contributed by atoms with E-state index in [1.54, 1.807) is 6.07 Å². The minimum atomic E-state index is -0.201. The van der Waals surface area contributed by atoms with E-state index < -0.39 is 0 Å². The summed E-state index contributed by atoms with van der Waals surface area (Å²) in [7, 11) is 0. The van der Waals surface area contributed by atoms with Crippen molar-refractivity contribution in [1.29, 1.82) is 0 Å². The van der Waals surface area contributed by atoms with Crippen LogP contribution in [0, 0.1) is 29.5 Å². The third kappa shape index (κ3) is 4.84. The number of thioether (sulfide) groups is 1. The molecule has 2 aliphatic carbocycles. The number of carbonyl (C=O) groups is 1. The summed E-state index contributed by atoms with van der Waals surface area (Å²) in [6.45, 7) is 2.58. The van der Waals surface area contributed by atoms with E-state index in [1.807, 2.05) is 12.3 Å². The van der Waals surface area contributed by atoms with Gasteiger partial charge in [-0.2, -0.15) is 0 Å². The average molecular weight is 406 g/mol. The highest BCUT2D eigenvalue weighted by Crippen LogP contribution is 2.49. The molecule has 2 unspecified atom stereocenters. The number of ether oxygens (including phenoxy) is 1. The predicted molar refractivity (Wildman–Crippen MR) is 111 cm³/mol. The van der Waals surface area contributed by atoms with Gasteiger partial charge in [0.25, 0.3) is 0 Å². The van der Waals surface area contributed by atoms with Crippen LogP contribution in [0.4, 0.5) is 4.39 Å². The van der Waals surface area contributed by atoms with Gasteiger partial charge in [-0.3, -0.25) is 4.79 Å². The molecule has 28 heavy (non-hydrogen) atoms. The lowest BCUT2D eigenvalue weighted by atomic mass is 9.82. The van der Waals surface area contributed by atoms with Gasteiger partial charge >= 0.3 is 0 Å². The molecule has 3 fully saturated rings. The molecule has 0 N–H and O–H groups in total. The molecule has 1 amide bonds. The van der Waals surface area contributed by atoms with Crippen LogP contribution in [0.1, 0.15) is 51.4 Å². The highest BCUT2D eigenvalue weighted by Gasteiger charge is 2.43. The van der Waals surface area contributed by atoms with E-state index in [0.29, 0.717) is 29.1 Å². The zero-order valence-electron chi connectivity index (χ0n) is 16.9. The number of piperidine rings is 1. The summed E-state index contributed by atoms with van der Waals surface area (Å²) in [4.78, 5) is 15.2. The fourth-order valence-electron chi connectivity index (χ4n) is 4.90. The van der Waals surface area contributed by atoms with Gasteiger partial charge in [-0.15, -0.1) is 11.8 Å². The first-order chi connectivity index (χ1) is 13.6. The summed E-state index contributed by atoms with van der Waals surface area (Å²) in [6.07, 6.45) is 11.2. The van der Waals surface area contributed by atoms with Crippen LogP contribution in [0.15, 0.2) is 23.1 Å². The maximum absolute atomic E-state index is 13.8. The lowest BCUT2D eigenvalue weighted by Crippen LogP contribution is -2.40. The zero-order chi connectivity index (χ0) is 19.5. The number of hydrogen-bond donors (Lipinski definition) is 0. The molecule has 3 aliphatic rings. The Morgan fingerprint density at radius 1 is 1.25 bits per heavy atom. The lowest BCUT2D eigenvalue weighted by Gasteiger charge is -2.34. The molecule has 2 saturated carbocycles. The number of halogens is 1. The van der Waals surface area contributed by atoms with E-state index >= 15 is 0 Å². The Labute approximate surface area is 172 Å². The Morgan fingerprint density at radius 2 is 2.04 bits per heavy atom. The van der Waals surface area contributed by atoms with E-state index in [-0.39, 0.29) is 5.82 Å². The smallest absolute Gasteiger partial charge is 0.222 e. The third-order valence-electron chi connectivity index (χ3n) is 7.04. The second-order valence-corrected chi connectivity index (χ2v) is 9.66. The van der Waals surface area contributed by atoms with Crippen molar-refractivity contribution in [3.8, 4) is 5.75 Å². The molecule has 3 nitrogen and oxygen atoms in total. The first-order valence-corrected chi connectivity index (χ1v) is 12.1. The summed E-state index contributed by atoms with van der Waals surface area (Å²) in [5.41, 5.74) is 0. The molecule has 4 rings (SSSR count). The number of nitrogens with zero attached hydrogens (tertiary/aromatic N) is 1.